The van der Waals surface area contributed by atoms with E-state index in [9.17, 15) is 8.42 Å². The summed E-state index contributed by atoms with van der Waals surface area (Å²) in [6.45, 7) is 4.21. The van der Waals surface area contributed by atoms with Crippen molar-refractivity contribution in [3.05, 3.63) is 18.3 Å². The van der Waals surface area contributed by atoms with Crippen LogP contribution in [-0.2, 0) is 10.0 Å². The Morgan fingerprint density at radius 3 is 2.62 bits per heavy atom. The molecule has 0 amide bonds. The average molecular weight is 244 g/mol. The summed E-state index contributed by atoms with van der Waals surface area (Å²) in [5.41, 5.74) is 0.455. The van der Waals surface area contributed by atoms with Crippen molar-refractivity contribution in [3.8, 4) is 5.88 Å². The Kier molecular flexibility index (Phi) is 4.54. The molecule has 0 spiro atoms. The summed E-state index contributed by atoms with van der Waals surface area (Å²) in [6.07, 6.45) is 2.03. The Morgan fingerprint density at radius 2 is 2.12 bits per heavy atom. The smallest absolute Gasteiger partial charge is 0.232 e. The van der Waals surface area contributed by atoms with E-state index < -0.39 is 10.0 Å². The quantitative estimate of drug-likeness (QED) is 0.825. The van der Waals surface area contributed by atoms with Crippen molar-refractivity contribution in [2.24, 2.45) is 0 Å². The first-order valence-electron chi connectivity index (χ1n) is 5.16. The van der Waals surface area contributed by atoms with Gasteiger partial charge in [-0.25, -0.2) is 13.4 Å². The molecule has 1 rings (SSSR count). The standard InChI is InChI=1S/C10H16N2O3S/c1-3-7-16(13,14)12-9-5-6-10(11-8-9)15-4-2/h5-6,8,12H,3-4,7H2,1-2H3. The summed E-state index contributed by atoms with van der Waals surface area (Å²) < 4.78 is 30.5. The minimum Gasteiger partial charge on any atom is -0.478 e. The third-order valence-electron chi connectivity index (χ3n) is 1.77. The first-order valence-corrected chi connectivity index (χ1v) is 6.82. The summed E-state index contributed by atoms with van der Waals surface area (Å²) in [5.74, 6) is 0.598. The lowest BCUT2D eigenvalue weighted by molar-refractivity contribution is 0.327. The number of nitrogens with zero attached hydrogens (tertiary/aromatic N) is 1. The summed E-state index contributed by atoms with van der Waals surface area (Å²) in [6, 6.07) is 3.26. The molecule has 0 saturated carbocycles. The highest BCUT2D eigenvalue weighted by atomic mass is 32.2. The van der Waals surface area contributed by atoms with E-state index in [0.29, 0.717) is 24.6 Å². The van der Waals surface area contributed by atoms with Gasteiger partial charge < -0.3 is 4.74 Å². The van der Waals surface area contributed by atoms with Crippen molar-refractivity contribution in [3.63, 3.8) is 0 Å². The van der Waals surface area contributed by atoms with Crippen molar-refractivity contribution in [2.75, 3.05) is 17.1 Å². The molecule has 0 aromatic carbocycles. The lowest BCUT2D eigenvalue weighted by Gasteiger charge is -2.07. The first kappa shape index (κ1) is 12.8. The van der Waals surface area contributed by atoms with Gasteiger partial charge in [0.05, 0.1) is 24.2 Å². The molecule has 0 unspecified atom stereocenters. The fourth-order valence-electron chi connectivity index (χ4n) is 1.17. The number of hydrogen-bond acceptors (Lipinski definition) is 4. The number of ether oxygens (including phenoxy) is 1. The zero-order valence-corrected chi connectivity index (χ0v) is 10.3. The van der Waals surface area contributed by atoms with Crippen molar-refractivity contribution in [2.45, 2.75) is 20.3 Å². The van der Waals surface area contributed by atoms with Crippen molar-refractivity contribution < 1.29 is 13.2 Å². The second-order valence-electron chi connectivity index (χ2n) is 3.24. The summed E-state index contributed by atoms with van der Waals surface area (Å²) >= 11 is 0. The van der Waals surface area contributed by atoms with Gasteiger partial charge in [0.25, 0.3) is 0 Å². The molecule has 1 heterocycles. The van der Waals surface area contributed by atoms with Crippen molar-refractivity contribution in [1.29, 1.82) is 0 Å². The van der Waals surface area contributed by atoms with Gasteiger partial charge in [0.1, 0.15) is 0 Å². The first-order chi connectivity index (χ1) is 7.57. The molecule has 16 heavy (non-hydrogen) atoms. The third kappa shape index (κ3) is 4.06. The van der Waals surface area contributed by atoms with E-state index in [1.807, 2.05) is 13.8 Å². The molecule has 1 aromatic heterocycles. The lowest BCUT2D eigenvalue weighted by atomic mass is 10.4. The molecule has 6 heteroatoms. The highest BCUT2D eigenvalue weighted by Crippen LogP contribution is 2.13. The van der Waals surface area contributed by atoms with Crippen LogP contribution in [0.1, 0.15) is 20.3 Å². The number of anilines is 1. The molecule has 1 aromatic rings. The molecule has 0 bridgehead atoms. The Balaban J connectivity index is 2.68. The molecule has 1 N–H and O–H groups in total. The van der Waals surface area contributed by atoms with Gasteiger partial charge in [-0.1, -0.05) is 6.92 Å². The largest absolute Gasteiger partial charge is 0.478 e. The van der Waals surface area contributed by atoms with Crippen LogP contribution in [0.15, 0.2) is 18.3 Å². The van der Waals surface area contributed by atoms with E-state index in [0.717, 1.165) is 0 Å². The van der Waals surface area contributed by atoms with Crippen LogP contribution in [0.3, 0.4) is 0 Å². The zero-order chi connectivity index (χ0) is 12.0. The Labute approximate surface area is 95.9 Å². The molecule has 90 valence electrons. The van der Waals surface area contributed by atoms with Gasteiger partial charge >= 0.3 is 0 Å². The van der Waals surface area contributed by atoms with Crippen LogP contribution < -0.4 is 9.46 Å². The predicted molar refractivity (Wildman–Crippen MR) is 63.1 cm³/mol. The second-order valence-corrected chi connectivity index (χ2v) is 5.08. The molecule has 0 aliphatic rings. The number of pyridine rings is 1. The fraction of sp³-hybridized carbons (Fsp3) is 0.500. The molecular weight excluding hydrogens is 228 g/mol. The third-order valence-corrected chi connectivity index (χ3v) is 3.27. The Hall–Kier alpha value is -1.30. The molecule has 0 radical (unpaired) electrons. The van der Waals surface area contributed by atoms with Crippen LogP contribution in [0, 0.1) is 0 Å². The molecule has 0 saturated heterocycles. The van der Waals surface area contributed by atoms with E-state index in [2.05, 4.69) is 9.71 Å². The molecule has 0 atom stereocenters. The Morgan fingerprint density at radius 1 is 1.38 bits per heavy atom. The maximum absolute atomic E-state index is 11.4. The van der Waals surface area contributed by atoms with Gasteiger partial charge in [0, 0.05) is 6.07 Å². The normalized spacial score (nSPS) is 11.1. The van der Waals surface area contributed by atoms with Crippen LogP contribution in [-0.4, -0.2) is 25.8 Å². The SMILES string of the molecule is CCCS(=O)(=O)Nc1ccc(OCC)nc1. The van der Waals surface area contributed by atoms with E-state index >= 15 is 0 Å². The summed E-state index contributed by atoms with van der Waals surface area (Å²) in [4.78, 5) is 3.96. The van der Waals surface area contributed by atoms with Gasteiger partial charge in [0.2, 0.25) is 15.9 Å². The summed E-state index contributed by atoms with van der Waals surface area (Å²) in [7, 11) is -3.24. The minimum absolute atomic E-state index is 0.111. The second kappa shape index (κ2) is 5.69. The van der Waals surface area contributed by atoms with Crippen LogP contribution in [0.25, 0.3) is 0 Å². The lowest BCUT2D eigenvalue weighted by Crippen LogP contribution is -2.16. The highest BCUT2D eigenvalue weighted by Gasteiger charge is 2.08. The van der Waals surface area contributed by atoms with Gasteiger partial charge in [-0.2, -0.15) is 0 Å². The predicted octanol–water partition coefficient (Wildman–Crippen LogP) is 1.63. The maximum Gasteiger partial charge on any atom is 0.232 e. The van der Waals surface area contributed by atoms with Crippen LogP contribution in [0.5, 0.6) is 5.88 Å². The average Bonchev–Trinajstić information content (AvgIpc) is 2.21. The van der Waals surface area contributed by atoms with Gasteiger partial charge in [-0.3, -0.25) is 4.72 Å². The number of aromatic nitrogens is 1. The van der Waals surface area contributed by atoms with Gasteiger partial charge in [-0.05, 0) is 19.4 Å². The summed E-state index contributed by atoms with van der Waals surface area (Å²) in [5, 5.41) is 0. The number of nitrogens with one attached hydrogen (secondary N) is 1. The van der Waals surface area contributed by atoms with Gasteiger partial charge in [0.15, 0.2) is 0 Å². The fourth-order valence-corrected chi connectivity index (χ4v) is 2.29. The zero-order valence-electron chi connectivity index (χ0n) is 9.43. The van der Waals surface area contributed by atoms with Crippen molar-refractivity contribution in [1.82, 2.24) is 4.98 Å². The van der Waals surface area contributed by atoms with E-state index in [-0.39, 0.29) is 5.75 Å². The van der Waals surface area contributed by atoms with Crippen molar-refractivity contribution >= 4 is 15.7 Å². The Bertz CT molecular complexity index is 414. The number of hydrogen-bond donors (Lipinski definition) is 1. The maximum atomic E-state index is 11.4. The minimum atomic E-state index is -3.24. The van der Waals surface area contributed by atoms with E-state index in [1.54, 1.807) is 12.1 Å². The van der Waals surface area contributed by atoms with E-state index in [4.69, 9.17) is 4.74 Å². The molecular formula is C10H16N2O3S. The van der Waals surface area contributed by atoms with Crippen LogP contribution in [0.4, 0.5) is 5.69 Å². The monoisotopic (exact) mass is 244 g/mol. The molecule has 5 nitrogen and oxygen atoms in total. The van der Waals surface area contributed by atoms with Crippen LogP contribution >= 0.6 is 0 Å². The number of sulfonamides is 1. The topological polar surface area (TPSA) is 68.3 Å². The highest BCUT2D eigenvalue weighted by molar-refractivity contribution is 7.92. The molecule has 0 fully saturated rings. The van der Waals surface area contributed by atoms with E-state index in [1.165, 1.54) is 6.20 Å². The van der Waals surface area contributed by atoms with Gasteiger partial charge in [-0.15, -0.1) is 0 Å². The number of rotatable bonds is 6. The molecule has 0 aliphatic carbocycles. The van der Waals surface area contributed by atoms with Crippen LogP contribution in [0.2, 0.25) is 0 Å². The molecule has 0 aliphatic heterocycles.